The number of hydrogen-bond donors (Lipinski definition) is 0. The van der Waals surface area contributed by atoms with Crippen LogP contribution >= 0.6 is 0 Å². The Kier molecular flexibility index (Phi) is 3.31. The molecule has 0 aliphatic rings. The van der Waals surface area contributed by atoms with Crippen molar-refractivity contribution in [2.75, 3.05) is 7.11 Å². The van der Waals surface area contributed by atoms with Crippen molar-refractivity contribution in [1.82, 2.24) is 4.98 Å². The maximum atomic E-state index is 11.6. The van der Waals surface area contributed by atoms with Crippen LogP contribution in [0.25, 0.3) is 11.3 Å². The van der Waals surface area contributed by atoms with E-state index in [1.54, 1.807) is 37.4 Å². The Morgan fingerprint density at radius 3 is 2.37 bits per heavy atom. The number of rotatable bonds is 2. The Bertz CT molecular complexity index is 694. The van der Waals surface area contributed by atoms with Crippen molar-refractivity contribution in [1.29, 1.82) is 10.5 Å². The fourth-order valence-corrected chi connectivity index (χ4v) is 1.63. The summed E-state index contributed by atoms with van der Waals surface area (Å²) in [4.78, 5) is 3.81. The standard InChI is InChI=1S/C14H9N3O2/c1-19-11-4-2-9(3-5-11)13-6-10(7-15)12(8-16)14(18)17-13/h2-6H,1H3,(H,17,18)/p-1. The van der Waals surface area contributed by atoms with Crippen LogP contribution < -0.4 is 9.84 Å². The van der Waals surface area contributed by atoms with Crippen molar-refractivity contribution < 1.29 is 9.84 Å². The molecule has 0 N–H and O–H groups in total. The first-order valence-corrected chi connectivity index (χ1v) is 5.36. The van der Waals surface area contributed by atoms with E-state index in [4.69, 9.17) is 15.3 Å². The molecule has 0 amide bonds. The summed E-state index contributed by atoms with van der Waals surface area (Å²) in [6.07, 6.45) is 0. The zero-order valence-electron chi connectivity index (χ0n) is 10.0. The number of methoxy groups -OCH3 is 1. The lowest BCUT2D eigenvalue weighted by Gasteiger charge is -2.11. The summed E-state index contributed by atoms with van der Waals surface area (Å²) in [5.41, 5.74) is 0.857. The van der Waals surface area contributed by atoms with Gasteiger partial charge in [-0.3, -0.25) is 4.98 Å². The molecule has 5 heteroatoms. The van der Waals surface area contributed by atoms with Gasteiger partial charge in [-0.25, -0.2) is 0 Å². The van der Waals surface area contributed by atoms with Crippen molar-refractivity contribution in [3.63, 3.8) is 0 Å². The minimum atomic E-state index is -0.688. The first kappa shape index (κ1) is 12.4. The topological polar surface area (TPSA) is 92.8 Å². The molecule has 1 heterocycles. The summed E-state index contributed by atoms with van der Waals surface area (Å²) in [5.74, 6) is -0.00684. The van der Waals surface area contributed by atoms with E-state index in [0.717, 1.165) is 0 Å². The molecule has 2 rings (SSSR count). The molecule has 1 aromatic heterocycles. The molecule has 2 aromatic rings. The van der Waals surface area contributed by atoms with Crippen LogP contribution in [-0.4, -0.2) is 12.1 Å². The highest BCUT2D eigenvalue weighted by molar-refractivity contribution is 5.65. The smallest absolute Gasteiger partial charge is 0.118 e. The van der Waals surface area contributed by atoms with E-state index in [1.807, 2.05) is 6.07 Å². The number of hydrogen-bond acceptors (Lipinski definition) is 5. The first-order chi connectivity index (χ1) is 9.19. The Morgan fingerprint density at radius 2 is 1.84 bits per heavy atom. The van der Waals surface area contributed by atoms with E-state index < -0.39 is 5.88 Å². The average Bonchev–Trinajstić information content (AvgIpc) is 2.46. The molecule has 0 aliphatic carbocycles. The van der Waals surface area contributed by atoms with Crippen LogP contribution in [0.15, 0.2) is 30.3 Å². The minimum Gasteiger partial charge on any atom is -0.858 e. The van der Waals surface area contributed by atoms with Gasteiger partial charge in [-0.05, 0) is 30.3 Å². The van der Waals surface area contributed by atoms with Crippen LogP contribution in [0.5, 0.6) is 11.6 Å². The zero-order chi connectivity index (χ0) is 13.8. The Labute approximate surface area is 109 Å². The molecule has 0 saturated carbocycles. The molecular formula is C14H8N3O2-. The summed E-state index contributed by atoms with van der Waals surface area (Å²) >= 11 is 0. The monoisotopic (exact) mass is 250 g/mol. The second-order valence-electron chi connectivity index (χ2n) is 3.69. The predicted octanol–water partition coefficient (Wildman–Crippen LogP) is 1.57. The fraction of sp³-hybridized carbons (Fsp3) is 0.0714. The minimum absolute atomic E-state index is 0.0355. The number of ether oxygens (including phenoxy) is 1. The van der Waals surface area contributed by atoms with Crippen LogP contribution in [0.3, 0.4) is 0 Å². The van der Waals surface area contributed by atoms with E-state index in [0.29, 0.717) is 17.0 Å². The van der Waals surface area contributed by atoms with Gasteiger partial charge in [0, 0.05) is 11.4 Å². The molecule has 92 valence electrons. The third-order valence-electron chi connectivity index (χ3n) is 2.60. The highest BCUT2D eigenvalue weighted by atomic mass is 16.5. The van der Waals surface area contributed by atoms with E-state index in [-0.39, 0.29) is 11.1 Å². The molecule has 0 unspecified atom stereocenters. The molecule has 1 aromatic carbocycles. The van der Waals surface area contributed by atoms with Crippen molar-refractivity contribution in [3.05, 3.63) is 41.5 Å². The molecule has 5 nitrogen and oxygen atoms in total. The molecule has 0 bridgehead atoms. The Hall–Kier alpha value is -3.05. The van der Waals surface area contributed by atoms with E-state index in [2.05, 4.69) is 4.98 Å². The largest absolute Gasteiger partial charge is 0.858 e. The van der Waals surface area contributed by atoms with E-state index >= 15 is 0 Å². The van der Waals surface area contributed by atoms with Crippen molar-refractivity contribution in [2.45, 2.75) is 0 Å². The normalized spacial score (nSPS) is 9.42. The lowest BCUT2D eigenvalue weighted by molar-refractivity contribution is -0.275. The van der Waals surface area contributed by atoms with Crippen molar-refractivity contribution in [2.24, 2.45) is 0 Å². The molecule has 0 spiro atoms. The summed E-state index contributed by atoms with van der Waals surface area (Å²) in [5, 5.41) is 29.4. The molecule has 0 radical (unpaired) electrons. The van der Waals surface area contributed by atoms with Gasteiger partial charge in [-0.1, -0.05) is 0 Å². The second kappa shape index (κ2) is 5.07. The van der Waals surface area contributed by atoms with Gasteiger partial charge in [-0.2, -0.15) is 10.5 Å². The molecular weight excluding hydrogens is 242 g/mol. The lowest BCUT2D eigenvalue weighted by Crippen LogP contribution is -2.02. The molecule has 19 heavy (non-hydrogen) atoms. The Morgan fingerprint density at radius 1 is 1.16 bits per heavy atom. The average molecular weight is 250 g/mol. The van der Waals surface area contributed by atoms with Crippen molar-refractivity contribution in [3.8, 4) is 35.0 Å². The quantitative estimate of drug-likeness (QED) is 0.806. The summed E-state index contributed by atoms with van der Waals surface area (Å²) < 4.78 is 5.03. The molecule has 0 atom stereocenters. The highest BCUT2D eigenvalue weighted by Crippen LogP contribution is 2.25. The van der Waals surface area contributed by atoms with Crippen LogP contribution in [0, 0.1) is 22.7 Å². The SMILES string of the molecule is COc1ccc(-c2cc(C#N)c(C#N)c([O-])n2)cc1. The van der Waals surface area contributed by atoms with Crippen molar-refractivity contribution >= 4 is 0 Å². The fourth-order valence-electron chi connectivity index (χ4n) is 1.63. The van der Waals surface area contributed by atoms with Crippen LogP contribution in [0.4, 0.5) is 0 Å². The van der Waals surface area contributed by atoms with Crippen LogP contribution in [-0.2, 0) is 0 Å². The maximum absolute atomic E-state index is 11.6. The lowest BCUT2D eigenvalue weighted by atomic mass is 10.1. The van der Waals surface area contributed by atoms with Gasteiger partial charge < -0.3 is 9.84 Å². The summed E-state index contributed by atoms with van der Waals surface area (Å²) in [6, 6.07) is 11.9. The number of benzene rings is 1. The van der Waals surface area contributed by atoms with E-state index in [9.17, 15) is 5.11 Å². The van der Waals surface area contributed by atoms with Gasteiger partial charge in [0.05, 0.1) is 23.9 Å². The van der Waals surface area contributed by atoms with Crippen LogP contribution in [0.2, 0.25) is 0 Å². The molecule has 0 aliphatic heterocycles. The highest BCUT2D eigenvalue weighted by Gasteiger charge is 2.08. The molecule has 0 fully saturated rings. The predicted molar refractivity (Wildman–Crippen MR) is 65.1 cm³/mol. The second-order valence-corrected chi connectivity index (χ2v) is 3.69. The van der Waals surface area contributed by atoms with E-state index in [1.165, 1.54) is 6.07 Å². The maximum Gasteiger partial charge on any atom is 0.118 e. The van der Waals surface area contributed by atoms with Gasteiger partial charge in [0.25, 0.3) is 0 Å². The number of aromatic nitrogens is 1. The van der Waals surface area contributed by atoms with Gasteiger partial charge in [-0.15, -0.1) is 0 Å². The van der Waals surface area contributed by atoms with Gasteiger partial charge in [0.2, 0.25) is 0 Å². The summed E-state index contributed by atoms with van der Waals surface area (Å²) in [7, 11) is 1.55. The van der Waals surface area contributed by atoms with Gasteiger partial charge in [0.15, 0.2) is 0 Å². The van der Waals surface area contributed by atoms with Crippen LogP contribution in [0.1, 0.15) is 11.1 Å². The first-order valence-electron chi connectivity index (χ1n) is 5.36. The third kappa shape index (κ3) is 2.31. The third-order valence-corrected chi connectivity index (χ3v) is 2.60. The Balaban J connectivity index is 2.54. The summed E-state index contributed by atoms with van der Waals surface area (Å²) in [6.45, 7) is 0. The molecule has 0 saturated heterocycles. The van der Waals surface area contributed by atoms with Gasteiger partial charge >= 0.3 is 0 Å². The van der Waals surface area contributed by atoms with Gasteiger partial charge in [0.1, 0.15) is 17.9 Å². The number of nitriles is 2. The number of pyridine rings is 1. The zero-order valence-corrected chi connectivity index (χ0v) is 10.0. The number of nitrogens with zero attached hydrogens (tertiary/aromatic N) is 3.